The average Bonchev–Trinajstić information content (AvgIpc) is 2.70. The topological polar surface area (TPSA) is 109 Å². The van der Waals surface area contributed by atoms with E-state index in [9.17, 15) is 15.3 Å². The van der Waals surface area contributed by atoms with Gasteiger partial charge in [0.1, 0.15) is 6.10 Å². The van der Waals surface area contributed by atoms with Gasteiger partial charge in [-0.3, -0.25) is 0 Å². The van der Waals surface area contributed by atoms with E-state index in [1.165, 1.54) is 26.4 Å². The first-order valence-corrected chi connectivity index (χ1v) is 8.32. The van der Waals surface area contributed by atoms with Crippen molar-refractivity contribution in [1.82, 2.24) is 0 Å². The second-order valence-electron chi connectivity index (χ2n) is 5.71. The standard InChI is InChI=1S/C20H24O7/c1-25-18-11-14(6-7-15(18)23)20(16(24)12-22)27-17-8-5-13(4-3-9-21)10-19(17)26-2/h3-8,10-11,16,20-24H,9,12H2,1-2H3/b4-3+. The minimum Gasteiger partial charge on any atom is -0.504 e. The smallest absolute Gasteiger partial charge is 0.162 e. The van der Waals surface area contributed by atoms with Crippen molar-refractivity contribution in [2.45, 2.75) is 12.2 Å². The van der Waals surface area contributed by atoms with Crippen LogP contribution < -0.4 is 14.2 Å². The van der Waals surface area contributed by atoms with Gasteiger partial charge in [-0.15, -0.1) is 0 Å². The van der Waals surface area contributed by atoms with Crippen molar-refractivity contribution < 1.29 is 34.6 Å². The maximum atomic E-state index is 10.2. The zero-order valence-corrected chi connectivity index (χ0v) is 15.2. The number of aliphatic hydroxyl groups is 3. The highest BCUT2D eigenvalue weighted by Crippen LogP contribution is 2.36. The third-order valence-electron chi connectivity index (χ3n) is 3.93. The van der Waals surface area contributed by atoms with Gasteiger partial charge in [0, 0.05) is 0 Å². The summed E-state index contributed by atoms with van der Waals surface area (Å²) in [5.74, 6) is 0.970. The van der Waals surface area contributed by atoms with E-state index in [-0.39, 0.29) is 18.1 Å². The van der Waals surface area contributed by atoms with Crippen LogP contribution in [0, 0.1) is 0 Å². The number of phenols is 1. The Morgan fingerprint density at radius 2 is 1.70 bits per heavy atom. The van der Waals surface area contributed by atoms with Gasteiger partial charge in [0.25, 0.3) is 0 Å². The van der Waals surface area contributed by atoms with Crippen molar-refractivity contribution in [2.24, 2.45) is 0 Å². The quantitative estimate of drug-likeness (QED) is 0.529. The predicted molar refractivity (Wildman–Crippen MR) is 100 cm³/mol. The Morgan fingerprint density at radius 1 is 0.963 bits per heavy atom. The number of aromatic hydroxyl groups is 1. The number of phenolic OH excluding ortho intramolecular Hbond substituents is 1. The summed E-state index contributed by atoms with van der Waals surface area (Å²) in [6, 6.07) is 9.69. The lowest BCUT2D eigenvalue weighted by molar-refractivity contribution is -0.00296. The van der Waals surface area contributed by atoms with Crippen LogP contribution in [-0.4, -0.2) is 54.0 Å². The Morgan fingerprint density at radius 3 is 2.33 bits per heavy atom. The van der Waals surface area contributed by atoms with Crippen molar-refractivity contribution in [2.75, 3.05) is 27.4 Å². The Hall–Kier alpha value is -2.74. The largest absolute Gasteiger partial charge is 0.504 e. The van der Waals surface area contributed by atoms with E-state index in [0.717, 1.165) is 5.56 Å². The zero-order chi connectivity index (χ0) is 19.8. The molecular weight excluding hydrogens is 352 g/mol. The van der Waals surface area contributed by atoms with Crippen LogP contribution in [0.1, 0.15) is 17.2 Å². The van der Waals surface area contributed by atoms with E-state index in [2.05, 4.69) is 0 Å². The third kappa shape index (κ3) is 5.13. The van der Waals surface area contributed by atoms with E-state index < -0.39 is 18.8 Å². The summed E-state index contributed by atoms with van der Waals surface area (Å²) in [7, 11) is 2.90. The molecule has 0 radical (unpaired) electrons. The number of benzene rings is 2. The highest BCUT2D eigenvalue weighted by molar-refractivity contribution is 5.56. The molecule has 0 aliphatic rings. The van der Waals surface area contributed by atoms with E-state index in [1.54, 1.807) is 36.4 Å². The second kappa shape index (κ2) is 9.82. The van der Waals surface area contributed by atoms with E-state index in [4.69, 9.17) is 19.3 Å². The summed E-state index contributed by atoms with van der Waals surface area (Å²) in [6.07, 6.45) is 1.20. The summed E-state index contributed by atoms with van der Waals surface area (Å²) in [5, 5.41) is 38.3. The Bertz CT molecular complexity index is 773. The first-order valence-electron chi connectivity index (χ1n) is 8.32. The van der Waals surface area contributed by atoms with Crippen LogP contribution in [0.3, 0.4) is 0 Å². The van der Waals surface area contributed by atoms with Gasteiger partial charge in [0.15, 0.2) is 29.1 Å². The molecule has 0 saturated carbocycles. The Balaban J connectivity index is 2.38. The maximum Gasteiger partial charge on any atom is 0.162 e. The molecule has 2 aromatic rings. The lowest BCUT2D eigenvalue weighted by atomic mass is 10.0. The molecule has 2 aromatic carbocycles. The first-order chi connectivity index (χ1) is 13.0. The predicted octanol–water partition coefficient (Wildman–Crippen LogP) is 1.89. The van der Waals surface area contributed by atoms with Gasteiger partial charge in [-0.2, -0.15) is 0 Å². The Labute approximate surface area is 157 Å². The van der Waals surface area contributed by atoms with Gasteiger partial charge in [-0.1, -0.05) is 24.3 Å². The minimum absolute atomic E-state index is 0.0453. The summed E-state index contributed by atoms with van der Waals surface area (Å²) < 4.78 is 16.4. The van der Waals surface area contributed by atoms with Crippen molar-refractivity contribution in [3.05, 3.63) is 53.6 Å². The SMILES string of the molecule is COc1cc(C(Oc2ccc(/C=C/CO)cc2OC)C(O)CO)ccc1O. The molecule has 2 rings (SSSR count). The molecule has 0 saturated heterocycles. The van der Waals surface area contributed by atoms with Crippen LogP contribution in [0.4, 0.5) is 0 Å². The number of methoxy groups -OCH3 is 2. The Kier molecular flexibility index (Phi) is 7.48. The molecule has 7 nitrogen and oxygen atoms in total. The second-order valence-corrected chi connectivity index (χ2v) is 5.71. The van der Waals surface area contributed by atoms with E-state index >= 15 is 0 Å². The molecule has 2 atom stereocenters. The minimum atomic E-state index is -1.21. The van der Waals surface area contributed by atoms with Crippen LogP contribution in [0.15, 0.2) is 42.5 Å². The van der Waals surface area contributed by atoms with Crippen molar-refractivity contribution in [3.8, 4) is 23.0 Å². The molecule has 27 heavy (non-hydrogen) atoms. The van der Waals surface area contributed by atoms with E-state index in [1.807, 2.05) is 0 Å². The summed E-state index contributed by atoms with van der Waals surface area (Å²) in [5.41, 5.74) is 1.32. The molecule has 0 bridgehead atoms. The number of hydrogen-bond acceptors (Lipinski definition) is 7. The van der Waals surface area contributed by atoms with Crippen LogP contribution in [0.5, 0.6) is 23.0 Å². The number of aliphatic hydroxyl groups excluding tert-OH is 3. The highest BCUT2D eigenvalue weighted by atomic mass is 16.5. The molecule has 4 N–H and O–H groups in total. The lowest BCUT2D eigenvalue weighted by Gasteiger charge is -2.25. The molecule has 0 aliphatic carbocycles. The molecule has 2 unspecified atom stereocenters. The fourth-order valence-electron chi connectivity index (χ4n) is 2.55. The number of rotatable bonds is 9. The van der Waals surface area contributed by atoms with Crippen LogP contribution in [0.2, 0.25) is 0 Å². The molecule has 0 fully saturated rings. The van der Waals surface area contributed by atoms with Crippen LogP contribution in [0.25, 0.3) is 6.08 Å². The monoisotopic (exact) mass is 376 g/mol. The highest BCUT2D eigenvalue weighted by Gasteiger charge is 2.25. The molecule has 7 heteroatoms. The first kappa shape index (κ1) is 20.6. The number of ether oxygens (including phenoxy) is 3. The van der Waals surface area contributed by atoms with Crippen LogP contribution in [-0.2, 0) is 0 Å². The van der Waals surface area contributed by atoms with Gasteiger partial charge in [0.2, 0.25) is 0 Å². The van der Waals surface area contributed by atoms with Gasteiger partial charge in [-0.05, 0) is 35.4 Å². The molecule has 0 spiro atoms. The summed E-state index contributed by atoms with van der Waals surface area (Å²) >= 11 is 0. The van der Waals surface area contributed by atoms with E-state index in [0.29, 0.717) is 17.1 Å². The van der Waals surface area contributed by atoms with Gasteiger partial charge in [-0.25, -0.2) is 0 Å². The average molecular weight is 376 g/mol. The van der Waals surface area contributed by atoms with Crippen molar-refractivity contribution in [1.29, 1.82) is 0 Å². The van der Waals surface area contributed by atoms with Gasteiger partial charge >= 0.3 is 0 Å². The molecule has 0 heterocycles. The van der Waals surface area contributed by atoms with Gasteiger partial charge in [0.05, 0.1) is 27.4 Å². The fraction of sp³-hybridized carbons (Fsp3) is 0.300. The summed E-state index contributed by atoms with van der Waals surface area (Å²) in [4.78, 5) is 0. The summed E-state index contributed by atoms with van der Waals surface area (Å²) in [6.45, 7) is -0.596. The fourth-order valence-corrected chi connectivity index (χ4v) is 2.55. The van der Waals surface area contributed by atoms with Crippen LogP contribution >= 0.6 is 0 Å². The molecular formula is C20H24O7. The molecule has 0 amide bonds. The van der Waals surface area contributed by atoms with Gasteiger partial charge < -0.3 is 34.6 Å². The zero-order valence-electron chi connectivity index (χ0n) is 15.2. The van der Waals surface area contributed by atoms with Crippen molar-refractivity contribution >= 4 is 6.08 Å². The number of hydrogen-bond donors (Lipinski definition) is 4. The van der Waals surface area contributed by atoms with Crippen molar-refractivity contribution in [3.63, 3.8) is 0 Å². The molecule has 146 valence electrons. The molecule has 0 aliphatic heterocycles. The maximum absolute atomic E-state index is 10.2. The molecule has 0 aromatic heterocycles. The lowest BCUT2D eigenvalue weighted by Crippen LogP contribution is -2.27. The third-order valence-corrected chi connectivity index (χ3v) is 3.93. The normalized spacial score (nSPS) is 13.4.